The average molecular weight is 156 g/mol. The van der Waals surface area contributed by atoms with Crippen LogP contribution in [0.5, 0.6) is 0 Å². The van der Waals surface area contributed by atoms with Crippen molar-refractivity contribution in [2.45, 2.75) is 6.82 Å². The van der Waals surface area contributed by atoms with Crippen LogP contribution in [-0.4, -0.2) is 7.28 Å². The lowest BCUT2D eigenvalue weighted by atomic mass is 9.73. The van der Waals surface area contributed by atoms with Gasteiger partial charge in [0.25, 0.3) is 0 Å². The molecule has 0 N–H and O–H groups in total. The fraction of sp³-hybridized carbons (Fsp3) is 0.143. The van der Waals surface area contributed by atoms with E-state index in [4.69, 9.17) is 11.6 Å². The Morgan fingerprint density at radius 2 is 2.10 bits per heavy atom. The summed E-state index contributed by atoms with van der Waals surface area (Å²) in [6.07, 6.45) is 0. The Kier molecular flexibility index (Phi) is 2.33. The van der Waals surface area contributed by atoms with E-state index in [0.717, 1.165) is 12.7 Å². The number of hydrogen-bond donors (Lipinski definition) is 0. The van der Waals surface area contributed by atoms with Gasteiger partial charge < -0.3 is 0 Å². The number of hydrogen-bond acceptors (Lipinski definition) is 0. The van der Waals surface area contributed by atoms with E-state index in [1.54, 1.807) is 6.07 Å². The maximum Gasteiger partial charge on any atom is 0.154 e. The van der Waals surface area contributed by atoms with Gasteiger partial charge in [-0.25, -0.2) is 4.39 Å². The molecule has 0 saturated heterocycles. The molecule has 0 aliphatic rings. The Hall–Kier alpha value is -0.495. The van der Waals surface area contributed by atoms with Gasteiger partial charge in [-0.3, -0.25) is 0 Å². The van der Waals surface area contributed by atoms with Crippen LogP contribution in [0.2, 0.25) is 11.8 Å². The molecule has 1 aromatic rings. The van der Waals surface area contributed by atoms with Crippen molar-refractivity contribution in [3.63, 3.8) is 0 Å². The molecule has 0 radical (unpaired) electrons. The van der Waals surface area contributed by atoms with Crippen LogP contribution in [0, 0.1) is 5.82 Å². The van der Waals surface area contributed by atoms with Gasteiger partial charge in [0.15, 0.2) is 7.28 Å². The van der Waals surface area contributed by atoms with Gasteiger partial charge in [-0.15, -0.1) is 0 Å². The fourth-order valence-corrected chi connectivity index (χ4v) is 1.06. The van der Waals surface area contributed by atoms with Crippen LogP contribution in [0.25, 0.3) is 0 Å². The highest BCUT2D eigenvalue weighted by Crippen LogP contribution is 2.06. The van der Waals surface area contributed by atoms with Crippen molar-refractivity contribution in [1.82, 2.24) is 0 Å². The van der Waals surface area contributed by atoms with Crippen LogP contribution in [0.3, 0.4) is 0 Å². The lowest BCUT2D eigenvalue weighted by molar-refractivity contribution is 0.629. The summed E-state index contributed by atoms with van der Waals surface area (Å²) in [4.78, 5) is 0. The first kappa shape index (κ1) is 7.61. The first-order valence-electron chi connectivity index (χ1n) is 3.17. The van der Waals surface area contributed by atoms with Gasteiger partial charge in [-0.2, -0.15) is 0 Å². The molecule has 0 fully saturated rings. The second kappa shape index (κ2) is 3.06. The highest BCUT2D eigenvalue weighted by atomic mass is 35.5. The van der Waals surface area contributed by atoms with E-state index in [0.29, 0.717) is 5.02 Å². The number of benzene rings is 1. The van der Waals surface area contributed by atoms with Crippen molar-refractivity contribution in [2.75, 3.05) is 0 Å². The quantitative estimate of drug-likeness (QED) is 0.542. The summed E-state index contributed by atoms with van der Waals surface area (Å²) in [6, 6.07) is 4.57. The zero-order valence-electron chi connectivity index (χ0n) is 5.70. The Balaban J connectivity index is 3.06. The van der Waals surface area contributed by atoms with Gasteiger partial charge in [-0.05, 0) is 18.2 Å². The number of rotatable bonds is 1. The topological polar surface area (TPSA) is 0 Å². The molecule has 0 aliphatic carbocycles. The van der Waals surface area contributed by atoms with Gasteiger partial charge in [0.2, 0.25) is 0 Å². The third-order valence-corrected chi connectivity index (χ3v) is 1.55. The van der Waals surface area contributed by atoms with Crippen molar-refractivity contribution < 1.29 is 4.39 Å². The number of halogens is 2. The molecular formula is C7H7BClF. The second-order valence-corrected chi connectivity index (χ2v) is 2.57. The van der Waals surface area contributed by atoms with Crippen LogP contribution < -0.4 is 5.46 Å². The molecule has 0 amide bonds. The molecule has 52 valence electrons. The SMILES string of the molecule is CBc1cc(F)cc(Cl)c1. The molecule has 0 nitrogen and oxygen atoms in total. The molecular weight excluding hydrogens is 149 g/mol. The zero-order chi connectivity index (χ0) is 7.56. The molecule has 0 unspecified atom stereocenters. The summed E-state index contributed by atoms with van der Waals surface area (Å²) in [5, 5.41) is 0.469. The molecule has 0 spiro atoms. The first-order chi connectivity index (χ1) is 4.72. The molecule has 0 atom stereocenters. The Morgan fingerprint density at radius 3 is 2.60 bits per heavy atom. The van der Waals surface area contributed by atoms with Crippen molar-refractivity contribution >= 4 is 24.3 Å². The van der Waals surface area contributed by atoms with E-state index in [1.807, 2.05) is 6.82 Å². The van der Waals surface area contributed by atoms with E-state index in [9.17, 15) is 4.39 Å². The van der Waals surface area contributed by atoms with Crippen LogP contribution >= 0.6 is 11.6 Å². The van der Waals surface area contributed by atoms with E-state index in [2.05, 4.69) is 0 Å². The molecule has 0 heterocycles. The van der Waals surface area contributed by atoms with Crippen LogP contribution in [0.15, 0.2) is 18.2 Å². The molecule has 0 bridgehead atoms. The standard InChI is InChI=1S/C7H7BClF/c1-8-5-2-6(9)4-7(10)3-5/h2-4,8H,1H3. The smallest absolute Gasteiger partial charge is 0.154 e. The van der Waals surface area contributed by atoms with E-state index in [-0.39, 0.29) is 5.82 Å². The molecule has 0 aliphatic heterocycles. The normalized spacial score (nSPS) is 9.50. The predicted octanol–water partition coefficient (Wildman–Crippen LogP) is 1.59. The summed E-state index contributed by atoms with van der Waals surface area (Å²) in [5.41, 5.74) is 0.935. The summed E-state index contributed by atoms with van der Waals surface area (Å²) < 4.78 is 12.5. The minimum absolute atomic E-state index is 0.260. The Labute approximate surface area is 65.3 Å². The Bertz CT molecular complexity index is 217. The molecule has 0 aromatic heterocycles. The minimum Gasteiger partial charge on any atom is -0.207 e. The van der Waals surface area contributed by atoms with Gasteiger partial charge >= 0.3 is 0 Å². The maximum absolute atomic E-state index is 12.5. The van der Waals surface area contributed by atoms with Gasteiger partial charge in [0.1, 0.15) is 5.82 Å². The minimum atomic E-state index is -0.260. The largest absolute Gasteiger partial charge is 0.207 e. The summed E-state index contributed by atoms with van der Waals surface area (Å²) >= 11 is 5.59. The van der Waals surface area contributed by atoms with Crippen molar-refractivity contribution in [1.29, 1.82) is 0 Å². The van der Waals surface area contributed by atoms with Crippen molar-refractivity contribution in [3.05, 3.63) is 29.0 Å². The average Bonchev–Trinajstić information content (AvgIpc) is 1.85. The molecule has 3 heteroatoms. The molecule has 0 saturated carbocycles. The van der Waals surface area contributed by atoms with E-state index >= 15 is 0 Å². The second-order valence-electron chi connectivity index (χ2n) is 2.13. The predicted molar refractivity (Wildman–Crippen MR) is 44.1 cm³/mol. The van der Waals surface area contributed by atoms with Gasteiger partial charge in [0, 0.05) is 5.02 Å². The third kappa shape index (κ3) is 1.74. The van der Waals surface area contributed by atoms with Gasteiger partial charge in [0.05, 0.1) is 0 Å². The summed E-state index contributed by atoms with van der Waals surface area (Å²) in [7, 11) is 0.817. The van der Waals surface area contributed by atoms with Crippen LogP contribution in [0.1, 0.15) is 0 Å². The van der Waals surface area contributed by atoms with Crippen LogP contribution in [0.4, 0.5) is 4.39 Å². The monoisotopic (exact) mass is 156 g/mol. The van der Waals surface area contributed by atoms with E-state index < -0.39 is 0 Å². The van der Waals surface area contributed by atoms with Crippen molar-refractivity contribution in [2.24, 2.45) is 0 Å². The Morgan fingerprint density at radius 1 is 1.40 bits per heavy atom. The van der Waals surface area contributed by atoms with Crippen molar-refractivity contribution in [3.8, 4) is 0 Å². The van der Waals surface area contributed by atoms with E-state index in [1.165, 1.54) is 12.1 Å². The summed E-state index contributed by atoms with van der Waals surface area (Å²) in [5.74, 6) is -0.260. The third-order valence-electron chi connectivity index (χ3n) is 1.33. The zero-order valence-corrected chi connectivity index (χ0v) is 6.45. The summed E-state index contributed by atoms with van der Waals surface area (Å²) in [6.45, 7) is 1.96. The molecule has 10 heavy (non-hydrogen) atoms. The van der Waals surface area contributed by atoms with Gasteiger partial charge in [-0.1, -0.05) is 23.9 Å². The first-order valence-corrected chi connectivity index (χ1v) is 3.55. The molecule has 1 aromatic carbocycles. The highest BCUT2D eigenvalue weighted by molar-refractivity contribution is 6.52. The van der Waals surface area contributed by atoms with Crippen LogP contribution in [-0.2, 0) is 0 Å². The fourth-order valence-electron chi connectivity index (χ4n) is 0.815. The lowest BCUT2D eigenvalue weighted by Gasteiger charge is -1.95. The highest BCUT2D eigenvalue weighted by Gasteiger charge is 1.96. The maximum atomic E-state index is 12.5. The lowest BCUT2D eigenvalue weighted by Crippen LogP contribution is -2.10. The molecule has 1 rings (SSSR count).